The summed E-state index contributed by atoms with van der Waals surface area (Å²) in [5, 5.41) is 4.86. The third-order valence-electron chi connectivity index (χ3n) is 6.09. The molecule has 1 fully saturated rings. The van der Waals surface area contributed by atoms with Crippen molar-refractivity contribution in [2.45, 2.75) is 25.3 Å². The Morgan fingerprint density at radius 3 is 2.72 bits per heavy atom. The molecule has 1 aliphatic rings. The summed E-state index contributed by atoms with van der Waals surface area (Å²) in [6.45, 7) is 3.01. The quantitative estimate of drug-likeness (QED) is 0.458. The lowest BCUT2D eigenvalue weighted by Gasteiger charge is -2.31. The van der Waals surface area contributed by atoms with E-state index in [2.05, 4.69) is 28.1 Å². The van der Waals surface area contributed by atoms with E-state index in [1.807, 2.05) is 47.4 Å². The van der Waals surface area contributed by atoms with E-state index in [0.29, 0.717) is 17.4 Å². The van der Waals surface area contributed by atoms with Crippen molar-refractivity contribution in [1.82, 2.24) is 24.5 Å². The van der Waals surface area contributed by atoms with Crippen molar-refractivity contribution in [2.75, 3.05) is 27.3 Å². The molecule has 7 heteroatoms. The van der Waals surface area contributed by atoms with Crippen LogP contribution in [-0.2, 0) is 6.54 Å². The van der Waals surface area contributed by atoms with E-state index in [4.69, 9.17) is 19.6 Å². The number of pyridine rings is 2. The summed E-state index contributed by atoms with van der Waals surface area (Å²) in [6, 6.07) is 14.1. The Bertz CT molecular complexity index is 1210. The molecule has 5 rings (SSSR count). The number of hydrogen-bond acceptors (Lipinski definition) is 6. The van der Waals surface area contributed by atoms with Crippen molar-refractivity contribution >= 4 is 5.65 Å². The normalized spacial score (nSPS) is 16.9. The fraction of sp³-hybridized carbons (Fsp3) is 0.320. The maximum absolute atomic E-state index is 5.62. The third-order valence-corrected chi connectivity index (χ3v) is 6.09. The van der Waals surface area contributed by atoms with E-state index in [1.165, 1.54) is 5.56 Å². The van der Waals surface area contributed by atoms with Gasteiger partial charge in [-0.3, -0.25) is 9.88 Å². The molecule has 0 amide bonds. The van der Waals surface area contributed by atoms with Gasteiger partial charge in [-0.05, 0) is 55.3 Å². The molecule has 0 bridgehead atoms. The van der Waals surface area contributed by atoms with E-state index in [0.717, 1.165) is 55.1 Å². The molecule has 1 unspecified atom stereocenters. The standard InChI is InChI=1S/C25H27N5O2/c1-31-22-7-3-6-21(24(22)32-2)19-8-9-23-27-25(28-30(23)17-19)20-5-4-14-29(16-20)15-18-10-12-26-13-11-18/h3,6-13,17,20H,4-5,14-16H2,1-2H3. The minimum Gasteiger partial charge on any atom is -0.493 e. The van der Waals surface area contributed by atoms with Gasteiger partial charge in [0.25, 0.3) is 0 Å². The summed E-state index contributed by atoms with van der Waals surface area (Å²) in [7, 11) is 3.31. The Kier molecular flexibility index (Phi) is 5.73. The number of benzene rings is 1. The molecule has 1 aromatic carbocycles. The Balaban J connectivity index is 1.40. The van der Waals surface area contributed by atoms with Crippen LogP contribution in [0.4, 0.5) is 0 Å². The summed E-state index contributed by atoms with van der Waals surface area (Å²) in [5.41, 5.74) is 4.12. The monoisotopic (exact) mass is 429 g/mol. The molecule has 0 N–H and O–H groups in total. The van der Waals surface area contributed by atoms with Crippen LogP contribution in [0.5, 0.6) is 11.5 Å². The molecule has 1 atom stereocenters. The van der Waals surface area contributed by atoms with Crippen molar-refractivity contribution in [3.63, 3.8) is 0 Å². The van der Waals surface area contributed by atoms with Crippen LogP contribution < -0.4 is 9.47 Å². The van der Waals surface area contributed by atoms with Crippen molar-refractivity contribution in [3.8, 4) is 22.6 Å². The van der Waals surface area contributed by atoms with Crippen LogP contribution in [0.2, 0.25) is 0 Å². The molecule has 0 radical (unpaired) electrons. The molecule has 0 aliphatic carbocycles. The molecule has 4 aromatic rings. The predicted octanol–water partition coefficient (Wildman–Crippen LogP) is 4.19. The highest BCUT2D eigenvalue weighted by Crippen LogP contribution is 2.37. The first-order valence-corrected chi connectivity index (χ1v) is 10.9. The van der Waals surface area contributed by atoms with Gasteiger partial charge in [0, 0.05) is 48.7 Å². The first-order valence-electron chi connectivity index (χ1n) is 10.9. The SMILES string of the molecule is COc1cccc(-c2ccc3nc(C4CCCN(Cc5ccncc5)C4)nn3c2)c1OC. The Hall–Kier alpha value is -3.45. The van der Waals surface area contributed by atoms with Gasteiger partial charge >= 0.3 is 0 Å². The number of fused-ring (bicyclic) bond motifs is 1. The molecule has 32 heavy (non-hydrogen) atoms. The van der Waals surface area contributed by atoms with Gasteiger partial charge in [-0.15, -0.1) is 0 Å². The molecule has 0 spiro atoms. The van der Waals surface area contributed by atoms with Gasteiger partial charge in [-0.1, -0.05) is 12.1 Å². The first kappa shape index (κ1) is 20.5. The molecule has 1 aliphatic heterocycles. The topological polar surface area (TPSA) is 64.8 Å². The smallest absolute Gasteiger partial charge is 0.168 e. The predicted molar refractivity (Wildman–Crippen MR) is 123 cm³/mol. The third kappa shape index (κ3) is 4.03. The molecule has 4 heterocycles. The number of para-hydroxylation sites is 1. The maximum Gasteiger partial charge on any atom is 0.168 e. The van der Waals surface area contributed by atoms with E-state index < -0.39 is 0 Å². The number of nitrogens with zero attached hydrogens (tertiary/aromatic N) is 5. The van der Waals surface area contributed by atoms with E-state index in [-0.39, 0.29) is 0 Å². The number of methoxy groups -OCH3 is 2. The average Bonchev–Trinajstić information content (AvgIpc) is 3.28. The summed E-state index contributed by atoms with van der Waals surface area (Å²) in [5.74, 6) is 2.68. The largest absolute Gasteiger partial charge is 0.493 e. The maximum atomic E-state index is 5.62. The molecular weight excluding hydrogens is 402 g/mol. The summed E-state index contributed by atoms with van der Waals surface area (Å²) >= 11 is 0. The highest BCUT2D eigenvalue weighted by molar-refractivity contribution is 5.74. The van der Waals surface area contributed by atoms with Gasteiger partial charge in [-0.25, -0.2) is 9.50 Å². The minimum atomic E-state index is 0.334. The van der Waals surface area contributed by atoms with Gasteiger partial charge in [0.2, 0.25) is 0 Å². The van der Waals surface area contributed by atoms with Crippen molar-refractivity contribution in [2.24, 2.45) is 0 Å². The van der Waals surface area contributed by atoms with Gasteiger partial charge in [0.1, 0.15) is 0 Å². The van der Waals surface area contributed by atoms with Crippen LogP contribution >= 0.6 is 0 Å². The summed E-state index contributed by atoms with van der Waals surface area (Å²) in [6.07, 6.45) is 7.99. The average molecular weight is 430 g/mol. The van der Waals surface area contributed by atoms with Gasteiger partial charge < -0.3 is 9.47 Å². The number of ether oxygens (including phenoxy) is 2. The number of rotatable bonds is 6. The second-order valence-electron chi connectivity index (χ2n) is 8.16. The highest BCUT2D eigenvalue weighted by atomic mass is 16.5. The molecule has 7 nitrogen and oxygen atoms in total. The molecule has 1 saturated heterocycles. The first-order chi connectivity index (χ1) is 15.7. The van der Waals surface area contributed by atoms with Gasteiger partial charge in [0.15, 0.2) is 23.0 Å². The second kappa shape index (κ2) is 8.96. The van der Waals surface area contributed by atoms with E-state index in [9.17, 15) is 0 Å². The minimum absolute atomic E-state index is 0.334. The van der Waals surface area contributed by atoms with Crippen LogP contribution in [0, 0.1) is 0 Å². The van der Waals surface area contributed by atoms with Crippen molar-refractivity contribution < 1.29 is 9.47 Å². The van der Waals surface area contributed by atoms with Crippen LogP contribution in [0.15, 0.2) is 61.1 Å². The van der Waals surface area contributed by atoms with Gasteiger partial charge in [0.05, 0.1) is 14.2 Å². The van der Waals surface area contributed by atoms with Crippen LogP contribution in [-0.4, -0.2) is 51.8 Å². The lowest BCUT2D eigenvalue weighted by molar-refractivity contribution is 0.196. The van der Waals surface area contributed by atoms with Crippen LogP contribution in [0.1, 0.15) is 30.1 Å². The number of hydrogen-bond donors (Lipinski definition) is 0. The molecule has 3 aromatic heterocycles. The fourth-order valence-electron chi connectivity index (χ4n) is 4.50. The zero-order valence-electron chi connectivity index (χ0n) is 18.4. The van der Waals surface area contributed by atoms with E-state index in [1.54, 1.807) is 14.2 Å². The van der Waals surface area contributed by atoms with Crippen LogP contribution in [0.3, 0.4) is 0 Å². The highest BCUT2D eigenvalue weighted by Gasteiger charge is 2.25. The van der Waals surface area contributed by atoms with Crippen molar-refractivity contribution in [1.29, 1.82) is 0 Å². The zero-order chi connectivity index (χ0) is 21.9. The number of aromatic nitrogens is 4. The Morgan fingerprint density at radius 2 is 1.91 bits per heavy atom. The molecular formula is C25H27N5O2. The fourth-order valence-corrected chi connectivity index (χ4v) is 4.50. The number of piperidine rings is 1. The van der Waals surface area contributed by atoms with Crippen molar-refractivity contribution in [3.05, 3.63) is 72.4 Å². The second-order valence-corrected chi connectivity index (χ2v) is 8.16. The van der Waals surface area contributed by atoms with E-state index >= 15 is 0 Å². The molecule has 164 valence electrons. The lowest BCUT2D eigenvalue weighted by Crippen LogP contribution is -2.34. The summed E-state index contributed by atoms with van der Waals surface area (Å²) < 4.78 is 12.9. The zero-order valence-corrected chi connectivity index (χ0v) is 18.4. The lowest BCUT2D eigenvalue weighted by atomic mass is 9.97. The van der Waals surface area contributed by atoms with Crippen LogP contribution in [0.25, 0.3) is 16.8 Å². The molecule has 0 saturated carbocycles. The Labute approximate surface area is 187 Å². The Morgan fingerprint density at radius 1 is 1.03 bits per heavy atom. The number of likely N-dealkylation sites (tertiary alicyclic amines) is 1. The summed E-state index contributed by atoms with van der Waals surface area (Å²) in [4.78, 5) is 11.5. The van der Waals surface area contributed by atoms with Gasteiger partial charge in [-0.2, -0.15) is 5.10 Å².